The van der Waals surface area contributed by atoms with E-state index < -0.39 is 0 Å². The molecule has 3 rings (SSSR count). The van der Waals surface area contributed by atoms with Crippen LogP contribution in [0.25, 0.3) is 0 Å². The number of halogens is 1. The number of amides is 1. The van der Waals surface area contributed by atoms with Gasteiger partial charge in [0.15, 0.2) is 17.5 Å². The largest absolute Gasteiger partial charge is 0.493 e. The van der Waals surface area contributed by atoms with E-state index in [1.807, 2.05) is 11.0 Å². The average molecular weight is 573 g/mol. The summed E-state index contributed by atoms with van der Waals surface area (Å²) in [7, 11) is 3.36. The van der Waals surface area contributed by atoms with Crippen molar-refractivity contribution >= 4 is 35.8 Å². The van der Waals surface area contributed by atoms with Gasteiger partial charge < -0.3 is 25.0 Å². The molecule has 1 aliphatic carbocycles. The number of benzene rings is 1. The molecule has 0 spiro atoms. The zero-order chi connectivity index (χ0) is 22.8. The fraction of sp³-hybridized carbons (Fsp3) is 0.680. The molecule has 2 aliphatic rings. The molecule has 1 aromatic rings. The molecule has 0 unspecified atom stereocenters. The van der Waals surface area contributed by atoms with E-state index in [2.05, 4.69) is 29.7 Å². The number of rotatable bonds is 10. The van der Waals surface area contributed by atoms with Crippen molar-refractivity contribution in [2.24, 2.45) is 4.99 Å². The van der Waals surface area contributed by atoms with Crippen LogP contribution in [0.2, 0.25) is 0 Å². The SMILES string of the molecule is CCNC(=NCC1(c2ccc(OC)c(OC)c2)CCCCC1)NCCCN1CCCC1=O.I. The molecule has 7 nitrogen and oxygen atoms in total. The summed E-state index contributed by atoms with van der Waals surface area (Å²) in [5.74, 6) is 2.68. The molecule has 2 N–H and O–H groups in total. The maximum Gasteiger partial charge on any atom is 0.222 e. The van der Waals surface area contributed by atoms with Gasteiger partial charge in [-0.25, -0.2) is 0 Å². The molecule has 1 saturated carbocycles. The fourth-order valence-corrected chi connectivity index (χ4v) is 4.92. The summed E-state index contributed by atoms with van der Waals surface area (Å²) in [5, 5.41) is 6.85. The second kappa shape index (κ2) is 13.9. The molecule has 8 heteroatoms. The predicted octanol–water partition coefficient (Wildman–Crippen LogP) is 4.09. The average Bonchev–Trinajstić information content (AvgIpc) is 3.24. The van der Waals surface area contributed by atoms with Crippen molar-refractivity contribution in [1.82, 2.24) is 15.5 Å². The van der Waals surface area contributed by atoms with Gasteiger partial charge in [0, 0.05) is 38.0 Å². The van der Waals surface area contributed by atoms with Gasteiger partial charge in [-0.3, -0.25) is 9.79 Å². The molecule has 186 valence electrons. The minimum absolute atomic E-state index is 0. The predicted molar refractivity (Wildman–Crippen MR) is 144 cm³/mol. The second-order valence-electron chi connectivity index (χ2n) is 8.87. The number of methoxy groups -OCH3 is 2. The minimum atomic E-state index is 0. The molecular weight excluding hydrogens is 531 g/mol. The highest BCUT2D eigenvalue weighted by Gasteiger charge is 2.34. The van der Waals surface area contributed by atoms with Gasteiger partial charge in [-0.15, -0.1) is 24.0 Å². The summed E-state index contributed by atoms with van der Waals surface area (Å²) < 4.78 is 11.0. The highest BCUT2D eigenvalue weighted by molar-refractivity contribution is 14.0. The smallest absolute Gasteiger partial charge is 0.222 e. The van der Waals surface area contributed by atoms with E-state index in [0.29, 0.717) is 12.3 Å². The number of guanidine groups is 1. The maximum absolute atomic E-state index is 11.8. The number of hydrogen-bond acceptors (Lipinski definition) is 4. The number of carbonyl (C=O) groups is 1. The van der Waals surface area contributed by atoms with Crippen molar-refractivity contribution in [3.8, 4) is 11.5 Å². The third-order valence-corrected chi connectivity index (χ3v) is 6.76. The van der Waals surface area contributed by atoms with E-state index in [0.717, 1.165) is 75.9 Å². The molecule has 1 saturated heterocycles. The Morgan fingerprint density at radius 1 is 1.09 bits per heavy atom. The lowest BCUT2D eigenvalue weighted by atomic mass is 9.69. The summed E-state index contributed by atoms with van der Waals surface area (Å²) in [5.41, 5.74) is 1.30. The summed E-state index contributed by atoms with van der Waals surface area (Å²) in [6.07, 6.45) is 8.61. The van der Waals surface area contributed by atoms with Gasteiger partial charge in [0.25, 0.3) is 0 Å². The Hall–Kier alpha value is -1.71. The monoisotopic (exact) mass is 572 g/mol. The highest BCUT2D eigenvalue weighted by atomic mass is 127. The Labute approximate surface area is 216 Å². The molecule has 0 aromatic heterocycles. The number of carbonyl (C=O) groups excluding carboxylic acids is 1. The first-order valence-electron chi connectivity index (χ1n) is 12.1. The van der Waals surface area contributed by atoms with Crippen LogP contribution in [0.5, 0.6) is 11.5 Å². The Bertz CT molecular complexity index is 781. The van der Waals surface area contributed by atoms with Crippen LogP contribution in [-0.4, -0.2) is 63.7 Å². The lowest BCUT2D eigenvalue weighted by molar-refractivity contribution is -0.127. The molecule has 0 radical (unpaired) electrons. The molecule has 1 aliphatic heterocycles. The van der Waals surface area contributed by atoms with E-state index in [4.69, 9.17) is 14.5 Å². The van der Waals surface area contributed by atoms with Crippen LogP contribution in [0.15, 0.2) is 23.2 Å². The van der Waals surface area contributed by atoms with E-state index in [1.54, 1.807) is 14.2 Å². The first-order valence-corrected chi connectivity index (χ1v) is 12.1. The van der Waals surface area contributed by atoms with Crippen LogP contribution >= 0.6 is 24.0 Å². The summed E-state index contributed by atoms with van der Waals surface area (Å²) in [4.78, 5) is 18.8. The van der Waals surface area contributed by atoms with Crippen molar-refractivity contribution in [2.75, 3.05) is 46.9 Å². The first kappa shape index (κ1) is 27.5. The first-order chi connectivity index (χ1) is 15.6. The van der Waals surface area contributed by atoms with E-state index in [1.165, 1.54) is 24.8 Å². The van der Waals surface area contributed by atoms with Gasteiger partial charge in [-0.2, -0.15) is 0 Å². The Morgan fingerprint density at radius 3 is 2.48 bits per heavy atom. The standard InChI is InChI=1S/C25H40N4O3.HI/c1-4-26-24(27-15-9-17-29-16-8-10-23(29)30)28-19-25(13-6-5-7-14-25)20-11-12-21(31-2)22(18-20)32-3;/h11-12,18H,4-10,13-17,19H2,1-3H3,(H2,26,27,28);1H. The summed E-state index contributed by atoms with van der Waals surface area (Å²) in [6.45, 7) is 6.17. The summed E-state index contributed by atoms with van der Waals surface area (Å²) >= 11 is 0. The Balaban J connectivity index is 0.00000385. The molecule has 33 heavy (non-hydrogen) atoms. The zero-order valence-corrected chi connectivity index (χ0v) is 22.8. The van der Waals surface area contributed by atoms with Gasteiger partial charge in [0.1, 0.15) is 0 Å². The van der Waals surface area contributed by atoms with E-state index in [-0.39, 0.29) is 29.4 Å². The topological polar surface area (TPSA) is 75.2 Å². The molecular formula is C25H41IN4O3. The van der Waals surface area contributed by atoms with Gasteiger partial charge in [0.2, 0.25) is 5.91 Å². The number of nitrogens with zero attached hydrogens (tertiary/aromatic N) is 2. The molecule has 2 fully saturated rings. The van der Waals surface area contributed by atoms with Gasteiger partial charge in [-0.05, 0) is 50.3 Å². The number of ether oxygens (including phenoxy) is 2. The third kappa shape index (κ3) is 7.39. The van der Waals surface area contributed by atoms with Crippen molar-refractivity contribution in [3.63, 3.8) is 0 Å². The molecule has 0 atom stereocenters. The fourth-order valence-electron chi connectivity index (χ4n) is 4.92. The second-order valence-corrected chi connectivity index (χ2v) is 8.87. The number of nitrogens with one attached hydrogen (secondary N) is 2. The Morgan fingerprint density at radius 2 is 1.85 bits per heavy atom. The van der Waals surface area contributed by atoms with Gasteiger partial charge in [0.05, 0.1) is 20.8 Å². The van der Waals surface area contributed by atoms with E-state index in [9.17, 15) is 4.79 Å². The number of likely N-dealkylation sites (tertiary alicyclic amines) is 1. The maximum atomic E-state index is 11.8. The van der Waals surface area contributed by atoms with Crippen molar-refractivity contribution in [3.05, 3.63) is 23.8 Å². The lowest BCUT2D eigenvalue weighted by Crippen LogP contribution is -2.41. The molecule has 0 bridgehead atoms. The van der Waals surface area contributed by atoms with Crippen molar-refractivity contribution in [2.45, 2.75) is 63.7 Å². The van der Waals surface area contributed by atoms with E-state index >= 15 is 0 Å². The molecule has 1 heterocycles. The quantitative estimate of drug-likeness (QED) is 0.191. The number of aliphatic imine (C=N–C) groups is 1. The van der Waals surface area contributed by atoms with Crippen LogP contribution in [0.4, 0.5) is 0 Å². The summed E-state index contributed by atoms with van der Waals surface area (Å²) in [6, 6.07) is 6.32. The van der Waals surface area contributed by atoms with Crippen LogP contribution in [0.1, 0.15) is 63.9 Å². The van der Waals surface area contributed by atoms with Crippen molar-refractivity contribution < 1.29 is 14.3 Å². The highest BCUT2D eigenvalue weighted by Crippen LogP contribution is 2.42. The van der Waals surface area contributed by atoms with Crippen LogP contribution in [0, 0.1) is 0 Å². The van der Waals surface area contributed by atoms with Gasteiger partial charge >= 0.3 is 0 Å². The van der Waals surface area contributed by atoms with Crippen LogP contribution in [0.3, 0.4) is 0 Å². The van der Waals surface area contributed by atoms with Crippen molar-refractivity contribution in [1.29, 1.82) is 0 Å². The lowest BCUT2D eigenvalue weighted by Gasteiger charge is -2.37. The normalized spacial score (nSPS) is 18.0. The van der Waals surface area contributed by atoms with Gasteiger partial charge in [-0.1, -0.05) is 25.3 Å². The Kier molecular flexibility index (Phi) is 11.6. The molecule has 1 amide bonds. The number of hydrogen-bond donors (Lipinski definition) is 2. The zero-order valence-electron chi connectivity index (χ0n) is 20.5. The minimum Gasteiger partial charge on any atom is -0.493 e. The molecule has 1 aromatic carbocycles. The van der Waals surface area contributed by atoms with Crippen LogP contribution < -0.4 is 20.1 Å². The van der Waals surface area contributed by atoms with Crippen LogP contribution in [-0.2, 0) is 10.2 Å². The third-order valence-electron chi connectivity index (χ3n) is 6.76.